The first-order valence-electron chi connectivity index (χ1n) is 8.15. The highest BCUT2D eigenvalue weighted by atomic mass is 16.5. The lowest BCUT2D eigenvalue weighted by molar-refractivity contribution is -0.105. The van der Waals surface area contributed by atoms with Crippen molar-refractivity contribution in [2.45, 2.75) is 6.54 Å². The largest absolute Gasteiger partial charge is 0.494 e. The van der Waals surface area contributed by atoms with Gasteiger partial charge in [-0.1, -0.05) is 23.4 Å². The van der Waals surface area contributed by atoms with Crippen LogP contribution in [0.5, 0.6) is 5.75 Å². The van der Waals surface area contributed by atoms with Gasteiger partial charge in [-0.15, -0.1) is 5.10 Å². The molecule has 0 aliphatic rings. The Morgan fingerprint density at radius 1 is 1.37 bits per heavy atom. The van der Waals surface area contributed by atoms with Gasteiger partial charge in [0, 0.05) is 18.0 Å². The molecule has 2 aromatic heterocycles. The van der Waals surface area contributed by atoms with Crippen LogP contribution < -0.4 is 15.8 Å². The molecule has 3 rings (SSSR count). The van der Waals surface area contributed by atoms with Gasteiger partial charge in [0.1, 0.15) is 28.9 Å². The first-order valence-corrected chi connectivity index (χ1v) is 8.15. The summed E-state index contributed by atoms with van der Waals surface area (Å²) >= 11 is 0. The molecular weight excluding hydrogens is 346 g/mol. The van der Waals surface area contributed by atoms with E-state index in [0.717, 1.165) is 11.7 Å². The third-order valence-corrected chi connectivity index (χ3v) is 3.78. The Balaban J connectivity index is 1.98. The number of nitrogens with zero attached hydrogens (tertiary/aromatic N) is 5. The lowest BCUT2D eigenvalue weighted by Gasteiger charge is -2.07. The van der Waals surface area contributed by atoms with Crippen LogP contribution in [0.15, 0.2) is 48.3 Å². The lowest BCUT2D eigenvalue weighted by Crippen LogP contribution is -2.03. The molecule has 0 fully saturated rings. The molecule has 138 valence electrons. The fourth-order valence-corrected chi connectivity index (χ4v) is 2.57. The zero-order valence-corrected chi connectivity index (χ0v) is 15.0. The number of hydrogen-bond acceptors (Lipinski definition) is 8. The Morgan fingerprint density at radius 2 is 2.22 bits per heavy atom. The molecule has 0 saturated carbocycles. The maximum absolute atomic E-state index is 11.2. The van der Waals surface area contributed by atoms with E-state index in [4.69, 9.17) is 10.5 Å². The Labute approximate surface area is 155 Å². The number of fused-ring (bicyclic) bond motifs is 1. The van der Waals surface area contributed by atoms with E-state index >= 15 is 0 Å². The topological polar surface area (TPSA) is 121 Å². The van der Waals surface area contributed by atoms with Gasteiger partial charge in [-0.25, -0.2) is 14.6 Å². The number of nitrogens with one attached hydrogen (secondary N) is 1. The molecule has 0 atom stereocenters. The fraction of sp³-hybridized carbons (Fsp3) is 0.167. The molecule has 27 heavy (non-hydrogen) atoms. The van der Waals surface area contributed by atoms with Gasteiger partial charge in [-0.2, -0.15) is 0 Å². The fourth-order valence-electron chi connectivity index (χ4n) is 2.57. The second-order valence-electron chi connectivity index (χ2n) is 5.60. The molecule has 0 radical (unpaired) electrons. The molecule has 2 heterocycles. The number of para-hydroxylation sites is 1. The van der Waals surface area contributed by atoms with Crippen molar-refractivity contribution in [1.82, 2.24) is 30.3 Å². The van der Waals surface area contributed by atoms with Crippen LogP contribution in [-0.4, -0.2) is 45.4 Å². The number of aldehydes is 1. The van der Waals surface area contributed by atoms with Crippen LogP contribution in [0.2, 0.25) is 0 Å². The van der Waals surface area contributed by atoms with E-state index in [0.29, 0.717) is 28.2 Å². The standard InChI is InChI=1S/C18H19N7O2/c1-20-8-4-5-12(11-26)9-25-10-14(23-24-25)16-13-6-3-7-15(27-2)17(13)22-18(19)21-16/h3-8,10-11,20H,9H2,1-2H3,(H2,19,21,22)/b8-4-,12-5-. The summed E-state index contributed by atoms with van der Waals surface area (Å²) in [5.41, 5.74) is 8.09. The summed E-state index contributed by atoms with van der Waals surface area (Å²) in [5, 5.41) is 11.9. The van der Waals surface area contributed by atoms with Gasteiger partial charge in [0.2, 0.25) is 5.95 Å². The molecule has 0 amide bonds. The minimum absolute atomic E-state index is 0.113. The molecule has 0 spiro atoms. The number of carbonyl (C=O) groups excluding carboxylic acids is 1. The molecule has 0 aliphatic carbocycles. The maximum Gasteiger partial charge on any atom is 0.221 e. The summed E-state index contributed by atoms with van der Waals surface area (Å²) in [4.78, 5) is 19.8. The summed E-state index contributed by atoms with van der Waals surface area (Å²) in [5.74, 6) is 0.708. The SMILES string of the molecule is CN/C=C\C=C(/C=O)Cn1cc(-c2nc(N)nc3c(OC)cccc23)nn1. The summed E-state index contributed by atoms with van der Waals surface area (Å²) in [6.07, 6.45) is 7.66. The second kappa shape index (κ2) is 8.09. The van der Waals surface area contributed by atoms with Gasteiger partial charge in [-0.05, 0) is 18.3 Å². The summed E-state index contributed by atoms with van der Waals surface area (Å²) in [6, 6.07) is 5.51. The number of nitrogen functional groups attached to an aromatic ring is 1. The van der Waals surface area contributed by atoms with Crippen LogP contribution in [0, 0.1) is 0 Å². The number of nitrogens with two attached hydrogens (primary N) is 1. The second-order valence-corrected chi connectivity index (χ2v) is 5.60. The Morgan fingerprint density at radius 3 is 2.96 bits per heavy atom. The molecule has 9 nitrogen and oxygen atoms in total. The number of rotatable bonds is 7. The number of anilines is 1. The van der Waals surface area contributed by atoms with E-state index in [1.807, 2.05) is 12.1 Å². The highest BCUT2D eigenvalue weighted by Crippen LogP contribution is 2.30. The number of methoxy groups -OCH3 is 1. The smallest absolute Gasteiger partial charge is 0.221 e. The van der Waals surface area contributed by atoms with E-state index in [2.05, 4.69) is 25.6 Å². The average molecular weight is 365 g/mol. The molecule has 9 heteroatoms. The Hall–Kier alpha value is -3.75. The zero-order valence-electron chi connectivity index (χ0n) is 15.0. The highest BCUT2D eigenvalue weighted by molar-refractivity contribution is 5.95. The van der Waals surface area contributed by atoms with E-state index in [1.165, 1.54) is 0 Å². The molecule has 0 bridgehead atoms. The minimum Gasteiger partial charge on any atom is -0.494 e. The molecule has 1 aromatic carbocycles. The van der Waals surface area contributed by atoms with Gasteiger partial charge in [0.25, 0.3) is 0 Å². The average Bonchev–Trinajstić information content (AvgIpc) is 3.14. The Kier molecular flexibility index (Phi) is 5.41. The summed E-state index contributed by atoms with van der Waals surface area (Å²) in [6.45, 7) is 0.284. The molecule has 0 unspecified atom stereocenters. The first-order chi connectivity index (χ1) is 13.2. The number of carbonyl (C=O) groups is 1. The van der Waals surface area contributed by atoms with Crippen molar-refractivity contribution >= 4 is 23.1 Å². The maximum atomic E-state index is 11.2. The quantitative estimate of drug-likeness (QED) is 0.365. The van der Waals surface area contributed by atoms with Gasteiger partial charge in [0.15, 0.2) is 0 Å². The van der Waals surface area contributed by atoms with Crippen LogP contribution in [0.1, 0.15) is 0 Å². The van der Waals surface area contributed by atoms with Crippen molar-refractivity contribution in [3.05, 3.63) is 48.3 Å². The predicted molar refractivity (Wildman–Crippen MR) is 102 cm³/mol. The summed E-state index contributed by atoms with van der Waals surface area (Å²) in [7, 11) is 3.35. The van der Waals surface area contributed by atoms with Crippen LogP contribution in [0.4, 0.5) is 5.95 Å². The van der Waals surface area contributed by atoms with Crippen molar-refractivity contribution in [2.75, 3.05) is 19.9 Å². The normalized spacial score (nSPS) is 11.9. The lowest BCUT2D eigenvalue weighted by atomic mass is 10.1. The minimum atomic E-state index is 0.113. The first kappa shape index (κ1) is 18.1. The number of hydrogen-bond donors (Lipinski definition) is 2. The van der Waals surface area contributed by atoms with Crippen molar-refractivity contribution in [1.29, 1.82) is 0 Å². The number of aromatic nitrogens is 5. The van der Waals surface area contributed by atoms with E-state index in [-0.39, 0.29) is 12.5 Å². The van der Waals surface area contributed by atoms with E-state index in [1.54, 1.807) is 49.5 Å². The van der Waals surface area contributed by atoms with Gasteiger partial charge < -0.3 is 15.8 Å². The molecule has 3 N–H and O–H groups in total. The van der Waals surface area contributed by atoms with Crippen molar-refractivity contribution in [2.24, 2.45) is 0 Å². The highest BCUT2D eigenvalue weighted by Gasteiger charge is 2.15. The predicted octanol–water partition coefficient (Wildman–Crippen LogP) is 1.34. The van der Waals surface area contributed by atoms with Gasteiger partial charge in [0.05, 0.1) is 19.9 Å². The molecule has 3 aromatic rings. The van der Waals surface area contributed by atoms with Crippen LogP contribution in [-0.2, 0) is 11.3 Å². The van der Waals surface area contributed by atoms with Crippen molar-refractivity contribution < 1.29 is 9.53 Å². The monoisotopic (exact) mass is 365 g/mol. The van der Waals surface area contributed by atoms with Gasteiger partial charge in [-0.3, -0.25) is 4.79 Å². The van der Waals surface area contributed by atoms with Crippen molar-refractivity contribution in [3.8, 4) is 17.1 Å². The Bertz CT molecular complexity index is 1020. The molecule has 0 aliphatic heterocycles. The third-order valence-electron chi connectivity index (χ3n) is 3.78. The van der Waals surface area contributed by atoms with Crippen molar-refractivity contribution in [3.63, 3.8) is 0 Å². The molecule has 0 saturated heterocycles. The summed E-state index contributed by atoms with van der Waals surface area (Å²) < 4.78 is 6.91. The van der Waals surface area contributed by atoms with E-state index in [9.17, 15) is 4.79 Å². The molecular formula is C18H19N7O2. The number of benzene rings is 1. The van der Waals surface area contributed by atoms with Crippen LogP contribution in [0.3, 0.4) is 0 Å². The third kappa shape index (κ3) is 3.92. The van der Waals surface area contributed by atoms with E-state index < -0.39 is 0 Å². The zero-order chi connectivity index (χ0) is 19.2. The number of ether oxygens (including phenoxy) is 1. The van der Waals surface area contributed by atoms with Crippen LogP contribution in [0.25, 0.3) is 22.3 Å². The van der Waals surface area contributed by atoms with Gasteiger partial charge >= 0.3 is 0 Å². The van der Waals surface area contributed by atoms with Crippen LogP contribution >= 0.6 is 0 Å². The number of allylic oxidation sites excluding steroid dienone is 3.